The number of nitrogens with zero attached hydrogens (tertiary/aromatic N) is 1. The number of carboxylic acid groups (broad SMARTS) is 1. The summed E-state index contributed by atoms with van der Waals surface area (Å²) in [7, 11) is -2.73. The van der Waals surface area contributed by atoms with Crippen molar-refractivity contribution in [2.75, 3.05) is 11.8 Å². The molecule has 0 bridgehead atoms. The molecule has 0 saturated heterocycles. The summed E-state index contributed by atoms with van der Waals surface area (Å²) in [5.41, 5.74) is 0.632. The molecular weight excluding hydrogens is 395 g/mol. The minimum Gasteiger partial charge on any atom is -0.495 e. The number of aromatic nitrogens is 1. The van der Waals surface area contributed by atoms with Gasteiger partial charge in [-0.05, 0) is 42.5 Å². The molecule has 27 heavy (non-hydrogen) atoms. The summed E-state index contributed by atoms with van der Waals surface area (Å²) in [6, 6.07) is 9.30. The summed E-state index contributed by atoms with van der Waals surface area (Å²) in [5.74, 6) is -1.50. The van der Waals surface area contributed by atoms with Crippen LogP contribution in [-0.4, -0.2) is 31.6 Å². The SMILES string of the molecule is COc1cc(C(=O)O)ccc1NS(=O)(=O)c1csc(-c2ccc(F)cc2)n1. The smallest absolute Gasteiger partial charge is 0.335 e. The molecule has 0 radical (unpaired) electrons. The van der Waals surface area contributed by atoms with Gasteiger partial charge in [-0.15, -0.1) is 11.3 Å². The van der Waals surface area contributed by atoms with Crippen LogP contribution < -0.4 is 9.46 Å². The van der Waals surface area contributed by atoms with Crippen molar-refractivity contribution >= 4 is 33.0 Å². The van der Waals surface area contributed by atoms with Crippen LogP contribution in [0.2, 0.25) is 0 Å². The molecule has 140 valence electrons. The molecule has 0 spiro atoms. The molecule has 0 saturated carbocycles. The molecule has 1 heterocycles. The van der Waals surface area contributed by atoms with Gasteiger partial charge in [0, 0.05) is 10.9 Å². The summed E-state index contributed by atoms with van der Waals surface area (Å²) < 4.78 is 45.6. The molecule has 0 aliphatic rings. The van der Waals surface area contributed by atoms with Gasteiger partial charge in [-0.1, -0.05) is 0 Å². The Labute approximate surface area is 158 Å². The number of halogens is 1. The molecule has 3 aromatic rings. The third-order valence-electron chi connectivity index (χ3n) is 3.54. The van der Waals surface area contributed by atoms with Crippen LogP contribution in [0, 0.1) is 5.82 Å². The van der Waals surface area contributed by atoms with E-state index in [0.717, 1.165) is 11.3 Å². The summed E-state index contributed by atoms with van der Waals surface area (Å²) >= 11 is 1.10. The van der Waals surface area contributed by atoms with E-state index in [1.165, 1.54) is 55.0 Å². The molecule has 2 N–H and O–H groups in total. The number of carbonyl (C=O) groups is 1. The van der Waals surface area contributed by atoms with Gasteiger partial charge in [0.05, 0.1) is 18.4 Å². The average molecular weight is 408 g/mol. The number of nitrogens with one attached hydrogen (secondary N) is 1. The quantitative estimate of drug-likeness (QED) is 0.647. The van der Waals surface area contributed by atoms with Gasteiger partial charge in [0.25, 0.3) is 10.0 Å². The van der Waals surface area contributed by atoms with Crippen molar-refractivity contribution in [2.45, 2.75) is 5.03 Å². The number of thiazole rings is 1. The third kappa shape index (κ3) is 4.07. The second-order valence-corrected chi connectivity index (χ2v) is 7.81. The molecule has 0 aliphatic carbocycles. The first kappa shape index (κ1) is 18.8. The Morgan fingerprint density at radius 2 is 1.93 bits per heavy atom. The number of benzene rings is 2. The molecule has 0 amide bonds. The van der Waals surface area contributed by atoms with Gasteiger partial charge in [-0.3, -0.25) is 4.72 Å². The lowest BCUT2D eigenvalue weighted by molar-refractivity contribution is 0.0696. The Morgan fingerprint density at radius 3 is 2.56 bits per heavy atom. The van der Waals surface area contributed by atoms with Gasteiger partial charge in [-0.2, -0.15) is 8.42 Å². The zero-order valence-corrected chi connectivity index (χ0v) is 15.5. The molecule has 0 atom stereocenters. The number of ether oxygens (including phenoxy) is 1. The van der Waals surface area contributed by atoms with E-state index in [1.54, 1.807) is 0 Å². The van der Waals surface area contributed by atoms with E-state index < -0.39 is 21.8 Å². The van der Waals surface area contributed by atoms with Gasteiger partial charge in [0.1, 0.15) is 16.6 Å². The number of sulfonamides is 1. The van der Waals surface area contributed by atoms with Gasteiger partial charge in [0.2, 0.25) is 0 Å². The molecule has 7 nitrogen and oxygen atoms in total. The van der Waals surface area contributed by atoms with Crippen LogP contribution in [0.4, 0.5) is 10.1 Å². The number of methoxy groups -OCH3 is 1. The van der Waals surface area contributed by atoms with E-state index in [-0.39, 0.29) is 22.0 Å². The molecule has 2 aromatic carbocycles. The summed E-state index contributed by atoms with van der Waals surface area (Å²) in [6.45, 7) is 0. The summed E-state index contributed by atoms with van der Waals surface area (Å²) in [5, 5.41) is 10.6. The van der Waals surface area contributed by atoms with Crippen LogP contribution in [0.3, 0.4) is 0 Å². The second kappa shape index (κ2) is 7.33. The van der Waals surface area contributed by atoms with Crippen molar-refractivity contribution in [1.82, 2.24) is 4.98 Å². The molecule has 1 aromatic heterocycles. The van der Waals surface area contributed by atoms with Gasteiger partial charge in [0.15, 0.2) is 5.03 Å². The first-order valence-corrected chi connectivity index (χ1v) is 9.82. The van der Waals surface area contributed by atoms with Crippen molar-refractivity contribution < 1.29 is 27.4 Å². The highest BCUT2D eigenvalue weighted by Crippen LogP contribution is 2.30. The van der Waals surface area contributed by atoms with Crippen molar-refractivity contribution in [2.24, 2.45) is 0 Å². The normalized spacial score (nSPS) is 11.2. The Kier molecular flexibility index (Phi) is 5.10. The Morgan fingerprint density at radius 1 is 1.22 bits per heavy atom. The average Bonchev–Trinajstić information content (AvgIpc) is 3.13. The maximum atomic E-state index is 13.0. The molecular formula is C17H13FN2O5S2. The lowest BCUT2D eigenvalue weighted by atomic mass is 10.2. The predicted octanol–water partition coefficient (Wildman–Crippen LogP) is 3.46. The topological polar surface area (TPSA) is 106 Å². The van der Waals surface area contributed by atoms with E-state index in [2.05, 4.69) is 9.71 Å². The van der Waals surface area contributed by atoms with Crippen LogP contribution in [0.5, 0.6) is 5.75 Å². The second-order valence-electron chi connectivity index (χ2n) is 5.32. The molecule has 0 aliphatic heterocycles. The zero-order chi connectivity index (χ0) is 19.6. The van der Waals surface area contributed by atoms with Crippen LogP contribution in [0.25, 0.3) is 10.6 Å². The monoisotopic (exact) mass is 408 g/mol. The minimum absolute atomic E-state index is 0.0398. The Bertz CT molecular complexity index is 1090. The number of carboxylic acids is 1. The fourth-order valence-corrected chi connectivity index (χ4v) is 4.38. The molecule has 0 fully saturated rings. The first-order chi connectivity index (χ1) is 12.8. The van der Waals surface area contributed by atoms with Gasteiger partial charge in [-0.25, -0.2) is 14.2 Å². The molecule has 3 rings (SSSR count). The lowest BCUT2D eigenvalue weighted by Gasteiger charge is -2.11. The molecule has 10 heteroatoms. The number of hydrogen-bond acceptors (Lipinski definition) is 6. The van der Waals surface area contributed by atoms with E-state index in [4.69, 9.17) is 9.84 Å². The third-order valence-corrected chi connectivity index (χ3v) is 5.83. The highest BCUT2D eigenvalue weighted by molar-refractivity contribution is 7.92. The number of aromatic carboxylic acids is 1. The van der Waals surface area contributed by atoms with Crippen molar-refractivity contribution in [1.29, 1.82) is 0 Å². The van der Waals surface area contributed by atoms with E-state index in [0.29, 0.717) is 10.6 Å². The van der Waals surface area contributed by atoms with Gasteiger partial charge >= 0.3 is 5.97 Å². The van der Waals surface area contributed by atoms with Crippen LogP contribution >= 0.6 is 11.3 Å². The van der Waals surface area contributed by atoms with Crippen LogP contribution in [-0.2, 0) is 10.0 Å². The summed E-state index contributed by atoms with van der Waals surface area (Å²) in [6.07, 6.45) is 0. The summed E-state index contributed by atoms with van der Waals surface area (Å²) in [4.78, 5) is 15.1. The van der Waals surface area contributed by atoms with Gasteiger partial charge < -0.3 is 9.84 Å². The fraction of sp³-hybridized carbons (Fsp3) is 0.0588. The standard InChI is InChI=1S/C17H13FN2O5S2/c1-25-14-8-11(17(21)22)4-7-13(14)20-27(23,24)15-9-26-16(19-15)10-2-5-12(18)6-3-10/h2-9,20H,1H3,(H,21,22). The van der Waals surface area contributed by atoms with Crippen molar-refractivity contribution in [3.63, 3.8) is 0 Å². The van der Waals surface area contributed by atoms with Crippen LogP contribution in [0.1, 0.15) is 10.4 Å². The maximum absolute atomic E-state index is 13.0. The van der Waals surface area contributed by atoms with E-state index in [9.17, 15) is 17.6 Å². The molecule has 0 unspecified atom stereocenters. The minimum atomic E-state index is -4.03. The number of anilines is 1. The highest BCUT2D eigenvalue weighted by atomic mass is 32.2. The highest BCUT2D eigenvalue weighted by Gasteiger charge is 2.21. The fourth-order valence-electron chi connectivity index (χ4n) is 2.21. The Hall–Kier alpha value is -2.98. The zero-order valence-electron chi connectivity index (χ0n) is 13.8. The number of rotatable bonds is 6. The van der Waals surface area contributed by atoms with E-state index in [1.807, 2.05) is 0 Å². The maximum Gasteiger partial charge on any atom is 0.335 e. The lowest BCUT2D eigenvalue weighted by Crippen LogP contribution is -2.14. The largest absolute Gasteiger partial charge is 0.495 e. The van der Waals surface area contributed by atoms with Crippen LogP contribution in [0.15, 0.2) is 52.9 Å². The predicted molar refractivity (Wildman–Crippen MR) is 98.3 cm³/mol. The first-order valence-electron chi connectivity index (χ1n) is 7.46. The van der Waals surface area contributed by atoms with Crippen molar-refractivity contribution in [3.8, 4) is 16.3 Å². The Balaban J connectivity index is 1.89. The van der Waals surface area contributed by atoms with E-state index >= 15 is 0 Å². The van der Waals surface area contributed by atoms with Crippen molar-refractivity contribution in [3.05, 3.63) is 59.2 Å². The number of hydrogen-bond donors (Lipinski definition) is 2.